The number of hydrogen-bond acceptors (Lipinski definition) is 4. The minimum atomic E-state index is -0.431. The van der Waals surface area contributed by atoms with Crippen LogP contribution < -0.4 is 5.32 Å². The first-order chi connectivity index (χ1) is 15.4. The molecule has 2 aliphatic heterocycles. The molecule has 1 saturated heterocycles. The van der Waals surface area contributed by atoms with E-state index in [2.05, 4.69) is 5.32 Å². The van der Waals surface area contributed by atoms with Crippen LogP contribution in [0.1, 0.15) is 57.9 Å². The number of benzene rings is 1. The Hall–Kier alpha value is -2.42. The first-order valence-corrected chi connectivity index (χ1v) is 11.2. The van der Waals surface area contributed by atoms with Gasteiger partial charge in [-0.15, -0.1) is 0 Å². The maximum Gasteiger partial charge on any atom is 0.270 e. The van der Waals surface area contributed by atoms with E-state index in [0.717, 1.165) is 6.42 Å². The minimum absolute atomic E-state index is 0.0339. The summed E-state index contributed by atoms with van der Waals surface area (Å²) in [4.78, 5) is 28.2. The predicted octanol–water partition coefficient (Wildman–Crippen LogP) is 3.55. The van der Waals surface area contributed by atoms with E-state index in [4.69, 9.17) is 21.1 Å². The molecule has 1 aromatic carbocycles. The zero-order valence-corrected chi connectivity index (χ0v) is 19.0. The summed E-state index contributed by atoms with van der Waals surface area (Å²) in [5, 5.41) is 3.25. The van der Waals surface area contributed by atoms with E-state index in [9.17, 15) is 14.0 Å². The van der Waals surface area contributed by atoms with Gasteiger partial charge in [-0.2, -0.15) is 0 Å². The van der Waals surface area contributed by atoms with Gasteiger partial charge in [0.1, 0.15) is 11.5 Å². The lowest BCUT2D eigenvalue weighted by Crippen LogP contribution is -2.32. The smallest absolute Gasteiger partial charge is 0.270 e. The average Bonchev–Trinajstić information content (AvgIpc) is 3.42. The summed E-state index contributed by atoms with van der Waals surface area (Å²) in [6.07, 6.45) is 1.40. The Morgan fingerprint density at radius 2 is 2.16 bits per heavy atom. The van der Waals surface area contributed by atoms with Crippen molar-refractivity contribution >= 4 is 23.4 Å². The zero-order chi connectivity index (χ0) is 22.8. The van der Waals surface area contributed by atoms with E-state index in [1.807, 2.05) is 11.5 Å². The molecule has 1 aromatic heterocycles. The molecule has 0 spiro atoms. The summed E-state index contributed by atoms with van der Waals surface area (Å²) in [5.74, 6) is -0.860. The van der Waals surface area contributed by atoms with Gasteiger partial charge in [0.05, 0.1) is 36.6 Å². The molecule has 2 aliphatic rings. The van der Waals surface area contributed by atoms with Crippen LogP contribution in [0.4, 0.5) is 4.39 Å². The van der Waals surface area contributed by atoms with Crippen LogP contribution in [-0.2, 0) is 22.6 Å². The van der Waals surface area contributed by atoms with E-state index in [-0.39, 0.29) is 29.5 Å². The Balaban J connectivity index is 1.60. The van der Waals surface area contributed by atoms with Gasteiger partial charge in [0.15, 0.2) is 0 Å². The van der Waals surface area contributed by atoms with E-state index in [0.29, 0.717) is 55.2 Å². The third-order valence-electron chi connectivity index (χ3n) is 6.19. The Labute approximate surface area is 191 Å². The van der Waals surface area contributed by atoms with Crippen LogP contribution >= 0.6 is 11.6 Å². The molecule has 2 atom stereocenters. The highest BCUT2D eigenvalue weighted by molar-refractivity contribution is 6.31. The second-order valence-electron chi connectivity index (χ2n) is 8.09. The molecule has 32 heavy (non-hydrogen) atoms. The number of amides is 2. The fourth-order valence-corrected chi connectivity index (χ4v) is 4.68. The lowest BCUT2D eigenvalue weighted by Gasteiger charge is -2.22. The quantitative estimate of drug-likeness (QED) is 0.711. The predicted molar refractivity (Wildman–Crippen MR) is 117 cm³/mol. The molecule has 0 saturated carbocycles. The van der Waals surface area contributed by atoms with Crippen molar-refractivity contribution in [3.8, 4) is 0 Å². The lowest BCUT2D eigenvalue weighted by atomic mass is 10.0. The van der Waals surface area contributed by atoms with Crippen LogP contribution in [0.3, 0.4) is 0 Å². The van der Waals surface area contributed by atoms with Gasteiger partial charge in [-0.1, -0.05) is 24.6 Å². The monoisotopic (exact) mass is 463 g/mol. The molecular weight excluding hydrogens is 437 g/mol. The van der Waals surface area contributed by atoms with Gasteiger partial charge in [-0.3, -0.25) is 9.59 Å². The van der Waals surface area contributed by atoms with Crippen LogP contribution in [0.5, 0.6) is 0 Å². The number of nitrogens with zero attached hydrogens (tertiary/aromatic N) is 2. The fourth-order valence-electron chi connectivity index (χ4n) is 4.39. The minimum Gasteiger partial charge on any atom is -0.380 e. The summed E-state index contributed by atoms with van der Waals surface area (Å²) in [6, 6.07) is 5.40. The van der Waals surface area contributed by atoms with E-state index < -0.39 is 11.9 Å². The van der Waals surface area contributed by atoms with Gasteiger partial charge in [-0.25, -0.2) is 4.39 Å². The second-order valence-corrected chi connectivity index (χ2v) is 8.50. The van der Waals surface area contributed by atoms with Crippen molar-refractivity contribution in [2.45, 2.75) is 45.1 Å². The van der Waals surface area contributed by atoms with Crippen LogP contribution in [0.25, 0.3) is 0 Å². The molecule has 4 rings (SSSR count). The molecule has 2 aromatic rings. The van der Waals surface area contributed by atoms with Crippen molar-refractivity contribution < 1.29 is 23.5 Å². The normalized spacial score (nSPS) is 19.0. The molecule has 1 N–H and O–H groups in total. The van der Waals surface area contributed by atoms with Gasteiger partial charge in [-0.05, 0) is 36.6 Å². The van der Waals surface area contributed by atoms with Gasteiger partial charge in [0, 0.05) is 31.8 Å². The number of nitrogens with one attached hydrogen (secondary N) is 1. The summed E-state index contributed by atoms with van der Waals surface area (Å²) in [5.41, 5.74) is 2.22. The van der Waals surface area contributed by atoms with Crippen LogP contribution in [0.15, 0.2) is 24.3 Å². The van der Waals surface area contributed by atoms with Crippen molar-refractivity contribution in [2.75, 3.05) is 26.8 Å². The number of ether oxygens (including phenoxy) is 2. The second kappa shape index (κ2) is 9.60. The zero-order valence-electron chi connectivity index (χ0n) is 18.2. The molecule has 0 bridgehead atoms. The lowest BCUT2D eigenvalue weighted by molar-refractivity contribution is 0.0671. The number of methoxy groups -OCH3 is 1. The molecule has 172 valence electrons. The van der Waals surface area contributed by atoms with Crippen molar-refractivity contribution in [3.63, 3.8) is 0 Å². The number of halogens is 2. The van der Waals surface area contributed by atoms with Crippen LogP contribution in [-0.4, -0.2) is 54.2 Å². The topological polar surface area (TPSA) is 72.8 Å². The first-order valence-electron chi connectivity index (χ1n) is 10.8. The van der Waals surface area contributed by atoms with Crippen molar-refractivity contribution in [1.29, 1.82) is 0 Å². The molecule has 1 fully saturated rings. The largest absolute Gasteiger partial charge is 0.380 e. The van der Waals surface area contributed by atoms with Crippen molar-refractivity contribution in [2.24, 2.45) is 0 Å². The molecule has 7 nitrogen and oxygen atoms in total. The van der Waals surface area contributed by atoms with Crippen LogP contribution in [0, 0.1) is 5.82 Å². The van der Waals surface area contributed by atoms with Gasteiger partial charge in [0.2, 0.25) is 0 Å². The fraction of sp³-hybridized carbons (Fsp3) is 0.478. The van der Waals surface area contributed by atoms with E-state index in [1.165, 1.54) is 12.1 Å². The molecular formula is C23H27ClFN3O4. The number of aromatic nitrogens is 1. The highest BCUT2D eigenvalue weighted by atomic mass is 35.5. The Morgan fingerprint density at radius 3 is 2.84 bits per heavy atom. The van der Waals surface area contributed by atoms with Crippen LogP contribution in [0.2, 0.25) is 5.02 Å². The Kier molecular flexibility index (Phi) is 6.83. The van der Waals surface area contributed by atoms with Crippen molar-refractivity contribution in [1.82, 2.24) is 14.8 Å². The standard InChI is InChI=1S/C23H27ClFN3O4/c1-3-19(16-5-4-14(25)10-18(16)24)26-22(29)17-11-20(28-8-9-32-13-21(17)28)23(30)27-7-6-15(12-27)31-2/h4-5,10-11,15,19H,3,6-9,12-13H2,1-2H3,(H,26,29). The Morgan fingerprint density at radius 1 is 1.34 bits per heavy atom. The molecule has 9 heteroatoms. The molecule has 3 heterocycles. The molecule has 2 unspecified atom stereocenters. The van der Waals surface area contributed by atoms with E-state index in [1.54, 1.807) is 24.1 Å². The average molecular weight is 464 g/mol. The number of carbonyl (C=O) groups is 2. The van der Waals surface area contributed by atoms with Gasteiger partial charge in [0.25, 0.3) is 11.8 Å². The maximum absolute atomic E-state index is 13.5. The number of likely N-dealkylation sites (tertiary alicyclic amines) is 1. The number of fused-ring (bicyclic) bond motifs is 1. The summed E-state index contributed by atoms with van der Waals surface area (Å²) in [6.45, 7) is 4.31. The summed E-state index contributed by atoms with van der Waals surface area (Å²) in [7, 11) is 1.65. The Bertz CT molecular complexity index is 1020. The third-order valence-corrected chi connectivity index (χ3v) is 6.51. The maximum atomic E-state index is 13.5. The molecule has 2 amide bonds. The SMILES string of the molecule is CCC(NC(=O)c1cc(C(=O)N2CCC(OC)C2)n2c1COCC2)c1ccc(F)cc1Cl. The van der Waals surface area contributed by atoms with Gasteiger partial charge >= 0.3 is 0 Å². The van der Waals surface area contributed by atoms with Gasteiger partial charge < -0.3 is 24.3 Å². The number of rotatable bonds is 6. The number of hydrogen-bond donors (Lipinski definition) is 1. The highest BCUT2D eigenvalue weighted by Gasteiger charge is 2.32. The van der Waals surface area contributed by atoms with E-state index >= 15 is 0 Å². The molecule has 0 aliphatic carbocycles. The first kappa shape index (κ1) is 22.8. The highest BCUT2D eigenvalue weighted by Crippen LogP contribution is 2.28. The summed E-state index contributed by atoms with van der Waals surface area (Å²) < 4.78 is 26.3. The molecule has 0 radical (unpaired) electrons. The summed E-state index contributed by atoms with van der Waals surface area (Å²) >= 11 is 6.21. The third kappa shape index (κ3) is 4.40. The number of carbonyl (C=O) groups excluding carboxylic acids is 2. The van der Waals surface area contributed by atoms with Crippen molar-refractivity contribution in [3.05, 3.63) is 57.6 Å².